The summed E-state index contributed by atoms with van der Waals surface area (Å²) in [6.45, 7) is 0.415. The zero-order chi connectivity index (χ0) is 14.5. The number of rotatable bonds is 5. The average molecular weight is 298 g/mol. The Morgan fingerprint density at radius 2 is 2.45 bits per heavy atom. The molecular weight excluding hydrogens is 280 g/mol. The Morgan fingerprint density at radius 3 is 3.00 bits per heavy atom. The third-order valence-corrected chi connectivity index (χ3v) is 4.21. The van der Waals surface area contributed by atoms with Gasteiger partial charge in [-0.05, 0) is 17.9 Å². The fraction of sp³-hybridized carbons (Fsp3) is 0.538. The van der Waals surface area contributed by atoms with E-state index in [1.807, 2.05) is 17.5 Å². The van der Waals surface area contributed by atoms with Crippen LogP contribution in [0.1, 0.15) is 23.8 Å². The molecule has 0 radical (unpaired) electrons. The molecule has 0 aromatic carbocycles. The molecule has 1 aromatic rings. The molecule has 1 saturated heterocycles. The summed E-state index contributed by atoms with van der Waals surface area (Å²) in [6, 6.07) is 2.93. The van der Waals surface area contributed by atoms with Crippen molar-refractivity contribution in [2.75, 3.05) is 13.7 Å². The number of β-amino-alcohol motifs (C(OH)–C–C–N with tert-alkyl or cyclic N) is 1. The smallest absolute Gasteiger partial charge is 0.307 e. The Balaban J connectivity index is 2.00. The van der Waals surface area contributed by atoms with Crippen LogP contribution in [-0.2, 0) is 14.3 Å². The number of nitrogens with one attached hydrogen (secondary N) is 2. The topological polar surface area (TPSA) is 87.7 Å². The monoisotopic (exact) mass is 298 g/mol. The minimum absolute atomic E-state index is 0.0953. The molecule has 7 heteroatoms. The van der Waals surface area contributed by atoms with E-state index in [0.717, 1.165) is 4.88 Å². The highest BCUT2D eigenvalue weighted by molar-refractivity contribution is 7.10. The summed E-state index contributed by atoms with van der Waals surface area (Å²) >= 11 is 1.48. The molecule has 2 rings (SSSR count). The molecule has 0 aliphatic carbocycles. The van der Waals surface area contributed by atoms with Gasteiger partial charge in [0.25, 0.3) is 0 Å². The van der Waals surface area contributed by atoms with E-state index in [0.29, 0.717) is 13.0 Å². The second kappa shape index (κ2) is 6.83. The molecule has 1 aliphatic rings. The standard InChI is InChI=1S/C13H18N2O4S/c1-19-12(17)6-9(11-3-2-4-20-11)15-13(18)10-5-8(16)7-14-10/h2-4,8-10,14,16H,5-7H2,1H3,(H,15,18). The van der Waals surface area contributed by atoms with Crippen molar-refractivity contribution in [3.8, 4) is 0 Å². The summed E-state index contributed by atoms with van der Waals surface area (Å²) in [5, 5.41) is 17.1. The third-order valence-electron chi connectivity index (χ3n) is 3.23. The maximum Gasteiger partial charge on any atom is 0.307 e. The highest BCUT2D eigenvalue weighted by Gasteiger charge is 2.30. The normalized spacial score (nSPS) is 23.3. The average Bonchev–Trinajstić information content (AvgIpc) is 3.08. The molecule has 0 saturated carbocycles. The number of hydrogen-bond acceptors (Lipinski definition) is 6. The van der Waals surface area contributed by atoms with E-state index in [1.165, 1.54) is 18.4 Å². The predicted molar refractivity (Wildman–Crippen MR) is 74.3 cm³/mol. The zero-order valence-corrected chi connectivity index (χ0v) is 12.0. The van der Waals surface area contributed by atoms with Crippen molar-refractivity contribution in [2.24, 2.45) is 0 Å². The molecule has 1 fully saturated rings. The summed E-state index contributed by atoms with van der Waals surface area (Å²) in [5.41, 5.74) is 0. The highest BCUT2D eigenvalue weighted by Crippen LogP contribution is 2.23. The van der Waals surface area contributed by atoms with E-state index < -0.39 is 18.2 Å². The van der Waals surface area contributed by atoms with Crippen molar-refractivity contribution >= 4 is 23.2 Å². The molecular formula is C13H18N2O4S. The summed E-state index contributed by atoms with van der Waals surface area (Å²) in [6.07, 6.45) is -0.00858. The van der Waals surface area contributed by atoms with Crippen molar-refractivity contribution in [2.45, 2.75) is 31.0 Å². The second-order valence-corrected chi connectivity index (χ2v) is 5.69. The quantitative estimate of drug-likeness (QED) is 0.676. The highest BCUT2D eigenvalue weighted by atomic mass is 32.1. The van der Waals surface area contributed by atoms with Crippen molar-refractivity contribution < 1.29 is 19.4 Å². The number of hydrogen-bond donors (Lipinski definition) is 3. The Hall–Kier alpha value is -1.44. The van der Waals surface area contributed by atoms with Gasteiger partial charge in [0.2, 0.25) is 5.91 Å². The first-order chi connectivity index (χ1) is 9.60. The van der Waals surface area contributed by atoms with E-state index in [1.54, 1.807) is 0 Å². The van der Waals surface area contributed by atoms with Crippen LogP contribution >= 0.6 is 11.3 Å². The van der Waals surface area contributed by atoms with Crippen molar-refractivity contribution in [3.05, 3.63) is 22.4 Å². The molecule has 2 heterocycles. The lowest BCUT2D eigenvalue weighted by Crippen LogP contribution is -2.42. The Morgan fingerprint density at radius 1 is 1.65 bits per heavy atom. The van der Waals surface area contributed by atoms with Crippen LogP contribution in [0.5, 0.6) is 0 Å². The lowest BCUT2D eigenvalue weighted by Gasteiger charge is -2.19. The maximum atomic E-state index is 12.1. The van der Waals surface area contributed by atoms with Crippen molar-refractivity contribution in [3.63, 3.8) is 0 Å². The van der Waals surface area contributed by atoms with Crippen LogP contribution < -0.4 is 10.6 Å². The van der Waals surface area contributed by atoms with Gasteiger partial charge >= 0.3 is 5.97 Å². The number of carbonyl (C=O) groups excluding carboxylic acids is 2. The van der Waals surface area contributed by atoms with Gasteiger partial charge in [0.05, 0.1) is 31.7 Å². The molecule has 0 bridgehead atoms. The number of thiophene rings is 1. The number of amides is 1. The fourth-order valence-corrected chi connectivity index (χ4v) is 2.93. The van der Waals surface area contributed by atoms with E-state index in [-0.39, 0.29) is 18.3 Å². The van der Waals surface area contributed by atoms with E-state index in [2.05, 4.69) is 15.4 Å². The van der Waals surface area contributed by atoms with Crippen LogP contribution in [0.3, 0.4) is 0 Å². The van der Waals surface area contributed by atoms with Gasteiger partial charge in [-0.15, -0.1) is 11.3 Å². The van der Waals surface area contributed by atoms with Gasteiger partial charge in [0, 0.05) is 11.4 Å². The number of carbonyl (C=O) groups is 2. The van der Waals surface area contributed by atoms with Crippen LogP contribution in [0, 0.1) is 0 Å². The first kappa shape index (κ1) is 15.0. The zero-order valence-electron chi connectivity index (χ0n) is 11.2. The molecule has 1 aromatic heterocycles. The lowest BCUT2D eigenvalue weighted by atomic mass is 10.1. The Kier molecular flexibility index (Phi) is 5.11. The van der Waals surface area contributed by atoms with Crippen LogP contribution in [-0.4, -0.2) is 42.8 Å². The number of aliphatic hydroxyl groups excluding tert-OH is 1. The molecule has 20 heavy (non-hydrogen) atoms. The Labute approximate surface area is 121 Å². The number of aliphatic hydroxyl groups is 1. The van der Waals surface area contributed by atoms with Crippen LogP contribution in [0.2, 0.25) is 0 Å². The Bertz CT molecular complexity index is 463. The van der Waals surface area contributed by atoms with Gasteiger partial charge in [0.15, 0.2) is 0 Å². The number of ether oxygens (including phenoxy) is 1. The maximum absolute atomic E-state index is 12.1. The molecule has 6 nitrogen and oxygen atoms in total. The van der Waals surface area contributed by atoms with Crippen LogP contribution in [0.4, 0.5) is 0 Å². The third kappa shape index (κ3) is 3.78. The molecule has 110 valence electrons. The second-order valence-electron chi connectivity index (χ2n) is 4.71. The molecule has 0 spiro atoms. The largest absolute Gasteiger partial charge is 0.469 e. The number of methoxy groups -OCH3 is 1. The van der Waals surface area contributed by atoms with Gasteiger partial charge in [-0.2, -0.15) is 0 Å². The van der Waals surface area contributed by atoms with E-state index in [4.69, 9.17) is 0 Å². The lowest BCUT2D eigenvalue weighted by molar-refractivity contribution is -0.141. The SMILES string of the molecule is COC(=O)CC(NC(=O)C1CC(O)CN1)c1cccs1. The predicted octanol–water partition coefficient (Wildman–Crippen LogP) is 0.191. The van der Waals surface area contributed by atoms with Gasteiger partial charge in [-0.25, -0.2) is 0 Å². The molecule has 3 unspecified atom stereocenters. The number of esters is 1. The van der Waals surface area contributed by atoms with Crippen molar-refractivity contribution in [1.82, 2.24) is 10.6 Å². The van der Waals surface area contributed by atoms with Crippen LogP contribution in [0.25, 0.3) is 0 Å². The van der Waals surface area contributed by atoms with Gasteiger partial charge in [-0.1, -0.05) is 6.07 Å². The molecule has 1 aliphatic heterocycles. The summed E-state index contributed by atoms with van der Waals surface area (Å²) in [4.78, 5) is 24.5. The fourth-order valence-electron chi connectivity index (χ4n) is 2.15. The van der Waals surface area contributed by atoms with Gasteiger partial charge < -0.3 is 20.5 Å². The summed E-state index contributed by atoms with van der Waals surface area (Å²) in [7, 11) is 1.32. The molecule has 3 N–H and O–H groups in total. The van der Waals surface area contributed by atoms with E-state index in [9.17, 15) is 14.7 Å². The summed E-state index contributed by atoms with van der Waals surface area (Å²) < 4.78 is 4.66. The van der Waals surface area contributed by atoms with E-state index >= 15 is 0 Å². The minimum Gasteiger partial charge on any atom is -0.469 e. The molecule has 3 atom stereocenters. The molecule has 1 amide bonds. The van der Waals surface area contributed by atoms with Gasteiger partial charge in [-0.3, -0.25) is 9.59 Å². The first-order valence-corrected chi connectivity index (χ1v) is 7.30. The van der Waals surface area contributed by atoms with Crippen LogP contribution in [0.15, 0.2) is 17.5 Å². The first-order valence-electron chi connectivity index (χ1n) is 6.42. The minimum atomic E-state index is -0.494. The van der Waals surface area contributed by atoms with Crippen molar-refractivity contribution in [1.29, 1.82) is 0 Å². The van der Waals surface area contributed by atoms with Gasteiger partial charge in [0.1, 0.15) is 0 Å². The summed E-state index contributed by atoms with van der Waals surface area (Å²) in [5.74, 6) is -0.577.